The number of imide groups is 1. The Labute approximate surface area is 158 Å². The number of nitrogens with zero attached hydrogens (tertiary/aromatic N) is 4. The van der Waals surface area contributed by atoms with Crippen molar-refractivity contribution < 1.29 is 14.1 Å². The molecule has 1 aromatic heterocycles. The zero-order chi connectivity index (χ0) is 19.4. The van der Waals surface area contributed by atoms with Crippen molar-refractivity contribution in [3.05, 3.63) is 11.7 Å². The Hall–Kier alpha value is -2.65. The number of aliphatic imine (C=N–C) groups is 1. The van der Waals surface area contributed by atoms with Crippen LogP contribution in [-0.4, -0.2) is 64.7 Å². The zero-order valence-corrected chi connectivity index (χ0v) is 16.0. The molecule has 2 aliphatic rings. The molecule has 0 bridgehead atoms. The highest BCUT2D eigenvalue weighted by molar-refractivity contribution is 6.07. The van der Waals surface area contributed by atoms with Crippen molar-refractivity contribution in [1.82, 2.24) is 31.0 Å². The Kier molecular flexibility index (Phi) is 5.62. The zero-order valence-electron chi connectivity index (χ0n) is 16.0. The third-order valence-electron chi connectivity index (χ3n) is 5.17. The lowest BCUT2D eigenvalue weighted by atomic mass is 9.79. The highest BCUT2D eigenvalue weighted by Gasteiger charge is 2.48. The quantitative estimate of drug-likeness (QED) is 0.380. The Morgan fingerprint density at radius 1 is 1.41 bits per heavy atom. The number of aryl methyl sites for hydroxylation is 1. The van der Waals surface area contributed by atoms with Crippen LogP contribution in [0.15, 0.2) is 9.52 Å². The van der Waals surface area contributed by atoms with Crippen LogP contribution < -0.4 is 16.0 Å². The Morgan fingerprint density at radius 2 is 2.15 bits per heavy atom. The second kappa shape index (κ2) is 7.93. The number of hydrogen-bond donors (Lipinski definition) is 3. The van der Waals surface area contributed by atoms with E-state index < -0.39 is 11.6 Å². The molecule has 2 aliphatic heterocycles. The Morgan fingerprint density at radius 3 is 2.70 bits per heavy atom. The summed E-state index contributed by atoms with van der Waals surface area (Å²) in [6.45, 7) is 8.50. The van der Waals surface area contributed by atoms with Gasteiger partial charge in [0, 0.05) is 26.1 Å². The van der Waals surface area contributed by atoms with Crippen molar-refractivity contribution in [2.24, 2.45) is 10.9 Å². The molecule has 148 valence electrons. The van der Waals surface area contributed by atoms with E-state index in [0.29, 0.717) is 24.7 Å². The van der Waals surface area contributed by atoms with Crippen molar-refractivity contribution in [3.8, 4) is 0 Å². The molecule has 0 aliphatic carbocycles. The highest BCUT2D eigenvalue weighted by Crippen LogP contribution is 2.30. The van der Waals surface area contributed by atoms with Gasteiger partial charge in [0.05, 0.1) is 6.54 Å². The number of urea groups is 1. The highest BCUT2D eigenvalue weighted by atomic mass is 16.5. The molecule has 3 rings (SSSR count). The molecule has 0 aromatic carbocycles. The maximum Gasteiger partial charge on any atom is 0.322 e. The molecular formula is C17H27N7O3. The van der Waals surface area contributed by atoms with E-state index in [-0.39, 0.29) is 11.8 Å². The summed E-state index contributed by atoms with van der Waals surface area (Å²) < 4.78 is 5.12. The summed E-state index contributed by atoms with van der Waals surface area (Å²) in [6, 6.07) is -0.406. The first-order valence-corrected chi connectivity index (χ1v) is 9.38. The minimum Gasteiger partial charge on any atom is -0.357 e. The van der Waals surface area contributed by atoms with Gasteiger partial charge in [0.2, 0.25) is 5.89 Å². The first-order valence-electron chi connectivity index (χ1n) is 9.38. The van der Waals surface area contributed by atoms with Crippen molar-refractivity contribution in [3.63, 3.8) is 0 Å². The third-order valence-corrected chi connectivity index (χ3v) is 5.17. The molecule has 10 heteroatoms. The average molecular weight is 377 g/mol. The van der Waals surface area contributed by atoms with Gasteiger partial charge in [0.1, 0.15) is 5.54 Å². The Balaban J connectivity index is 1.57. The van der Waals surface area contributed by atoms with E-state index in [0.717, 1.165) is 38.4 Å². The maximum atomic E-state index is 12.1. The van der Waals surface area contributed by atoms with Crippen LogP contribution in [-0.2, 0) is 11.2 Å². The molecule has 1 atom stereocenters. The molecule has 1 aromatic rings. The van der Waals surface area contributed by atoms with E-state index in [4.69, 9.17) is 4.52 Å². The lowest BCUT2D eigenvalue weighted by molar-refractivity contribution is -0.125. The molecule has 3 heterocycles. The van der Waals surface area contributed by atoms with Gasteiger partial charge >= 0.3 is 6.03 Å². The van der Waals surface area contributed by atoms with Gasteiger partial charge in [0.25, 0.3) is 5.91 Å². The van der Waals surface area contributed by atoms with Crippen molar-refractivity contribution in [2.75, 3.05) is 26.2 Å². The van der Waals surface area contributed by atoms with Gasteiger partial charge < -0.3 is 20.1 Å². The van der Waals surface area contributed by atoms with E-state index in [1.165, 1.54) is 0 Å². The van der Waals surface area contributed by atoms with Crippen LogP contribution in [0.4, 0.5) is 4.79 Å². The molecule has 2 saturated heterocycles. The fourth-order valence-electron chi connectivity index (χ4n) is 3.64. The SMILES string of the molecule is CCNC(=NCCc1nc(C)no1)N1CCC(C2(C)NC(=O)NC2=O)CC1. The van der Waals surface area contributed by atoms with Crippen LogP contribution >= 0.6 is 0 Å². The maximum absolute atomic E-state index is 12.1. The van der Waals surface area contributed by atoms with E-state index in [1.54, 1.807) is 13.8 Å². The molecule has 1 unspecified atom stereocenters. The van der Waals surface area contributed by atoms with E-state index in [2.05, 4.69) is 36.0 Å². The third kappa shape index (κ3) is 4.20. The van der Waals surface area contributed by atoms with Crippen LogP contribution in [0, 0.1) is 12.8 Å². The first-order chi connectivity index (χ1) is 12.9. The number of piperidine rings is 1. The topological polar surface area (TPSA) is 125 Å². The number of amides is 3. The summed E-state index contributed by atoms with van der Waals surface area (Å²) >= 11 is 0. The summed E-state index contributed by atoms with van der Waals surface area (Å²) in [4.78, 5) is 34.7. The number of carbonyl (C=O) groups is 2. The lowest BCUT2D eigenvalue weighted by Crippen LogP contribution is -2.55. The molecule has 0 spiro atoms. The number of likely N-dealkylation sites (tertiary alicyclic amines) is 1. The van der Waals surface area contributed by atoms with Crippen LogP contribution in [0.1, 0.15) is 38.4 Å². The summed E-state index contributed by atoms with van der Waals surface area (Å²) in [6.07, 6.45) is 2.20. The summed E-state index contributed by atoms with van der Waals surface area (Å²) in [7, 11) is 0. The Bertz CT molecular complexity index is 724. The molecule has 27 heavy (non-hydrogen) atoms. The van der Waals surface area contributed by atoms with Gasteiger partial charge in [0.15, 0.2) is 11.8 Å². The fourth-order valence-corrected chi connectivity index (χ4v) is 3.64. The standard InChI is InChI=1S/C17H27N7O3/c1-4-18-15(19-8-5-13-20-11(2)23-27-13)24-9-6-12(7-10-24)17(3)14(25)21-16(26)22-17/h12H,4-10H2,1-3H3,(H,18,19)(H2,21,22,25,26). The number of carbonyl (C=O) groups excluding carboxylic acids is 2. The summed E-state index contributed by atoms with van der Waals surface area (Å²) in [5.74, 6) is 1.92. The largest absolute Gasteiger partial charge is 0.357 e. The smallest absolute Gasteiger partial charge is 0.322 e. The van der Waals surface area contributed by atoms with Crippen molar-refractivity contribution >= 4 is 17.9 Å². The lowest BCUT2D eigenvalue weighted by Gasteiger charge is -2.39. The van der Waals surface area contributed by atoms with Crippen LogP contribution in [0.2, 0.25) is 0 Å². The first kappa shape index (κ1) is 19.1. The van der Waals surface area contributed by atoms with E-state index in [1.807, 2.05) is 6.92 Å². The predicted molar refractivity (Wildman–Crippen MR) is 98.1 cm³/mol. The minimum absolute atomic E-state index is 0.101. The molecule has 10 nitrogen and oxygen atoms in total. The molecule has 3 N–H and O–H groups in total. The molecule has 0 radical (unpaired) electrons. The fraction of sp³-hybridized carbons (Fsp3) is 0.706. The van der Waals surface area contributed by atoms with Crippen molar-refractivity contribution in [2.45, 2.75) is 45.6 Å². The second-order valence-electron chi connectivity index (χ2n) is 7.09. The van der Waals surface area contributed by atoms with Crippen molar-refractivity contribution in [1.29, 1.82) is 0 Å². The molecule has 3 amide bonds. The minimum atomic E-state index is -0.825. The van der Waals surface area contributed by atoms with Gasteiger partial charge in [-0.3, -0.25) is 15.1 Å². The summed E-state index contributed by atoms with van der Waals surface area (Å²) in [5, 5.41) is 12.2. The number of nitrogens with one attached hydrogen (secondary N) is 3. The second-order valence-corrected chi connectivity index (χ2v) is 7.09. The molecule has 2 fully saturated rings. The van der Waals surface area contributed by atoms with Crippen LogP contribution in [0.25, 0.3) is 0 Å². The number of aromatic nitrogens is 2. The van der Waals surface area contributed by atoms with Gasteiger partial charge in [-0.2, -0.15) is 4.98 Å². The number of hydrogen-bond acceptors (Lipinski definition) is 6. The molecular weight excluding hydrogens is 350 g/mol. The van der Waals surface area contributed by atoms with E-state index >= 15 is 0 Å². The number of guanidine groups is 1. The van der Waals surface area contributed by atoms with Gasteiger partial charge in [-0.05, 0) is 39.5 Å². The van der Waals surface area contributed by atoms with Crippen LogP contribution in [0.3, 0.4) is 0 Å². The predicted octanol–water partition coefficient (Wildman–Crippen LogP) is 0.196. The van der Waals surface area contributed by atoms with Gasteiger partial charge in [-0.15, -0.1) is 0 Å². The molecule has 0 saturated carbocycles. The summed E-state index contributed by atoms with van der Waals surface area (Å²) in [5.41, 5.74) is -0.825. The number of rotatable bonds is 5. The van der Waals surface area contributed by atoms with E-state index in [9.17, 15) is 9.59 Å². The monoisotopic (exact) mass is 377 g/mol. The normalized spacial score (nSPS) is 24.1. The van der Waals surface area contributed by atoms with Gasteiger partial charge in [-0.1, -0.05) is 5.16 Å². The van der Waals surface area contributed by atoms with Gasteiger partial charge in [-0.25, -0.2) is 4.79 Å². The van der Waals surface area contributed by atoms with Crippen LogP contribution in [0.5, 0.6) is 0 Å². The average Bonchev–Trinajstić information content (AvgIpc) is 3.17.